The maximum absolute atomic E-state index is 12.6. The molecule has 2 aromatic rings. The molecule has 0 radical (unpaired) electrons. The van der Waals surface area contributed by atoms with Crippen LogP contribution < -0.4 is 4.90 Å². The van der Waals surface area contributed by atoms with Crippen molar-refractivity contribution in [2.75, 3.05) is 11.4 Å². The van der Waals surface area contributed by atoms with Crippen molar-refractivity contribution >= 4 is 35.0 Å². The van der Waals surface area contributed by atoms with Crippen LogP contribution in [0.3, 0.4) is 0 Å². The fourth-order valence-electron chi connectivity index (χ4n) is 2.26. The first-order valence-electron chi connectivity index (χ1n) is 6.34. The van der Waals surface area contributed by atoms with Crippen molar-refractivity contribution in [1.82, 2.24) is 15.4 Å². The Balaban J connectivity index is 1.80. The fraction of sp³-hybridized carbons (Fsp3) is 0.308. The Morgan fingerprint density at radius 2 is 2.25 bits per heavy atom. The van der Waals surface area contributed by atoms with Crippen LogP contribution in [-0.2, 0) is 4.79 Å². The third kappa shape index (κ3) is 2.66. The number of benzene rings is 1. The molecule has 2 heterocycles. The molecular weight excluding hydrogens is 296 g/mol. The minimum absolute atomic E-state index is 0.0809. The number of H-pyrrole nitrogens is 1. The van der Waals surface area contributed by atoms with Crippen molar-refractivity contribution in [3.8, 4) is 0 Å². The monoisotopic (exact) mass is 308 g/mol. The van der Waals surface area contributed by atoms with Crippen LogP contribution in [0.4, 0.5) is 5.69 Å². The Bertz CT molecular complexity index is 604. The number of aromatic amines is 1. The average molecular weight is 309 g/mol. The third-order valence-corrected chi connectivity index (χ3v) is 4.67. The van der Waals surface area contributed by atoms with Gasteiger partial charge in [0.15, 0.2) is 0 Å². The number of hydrogen-bond acceptors (Lipinski definition) is 4. The van der Waals surface area contributed by atoms with Crippen LogP contribution in [0.5, 0.6) is 0 Å². The summed E-state index contributed by atoms with van der Waals surface area (Å²) >= 11 is 7.63. The summed E-state index contributed by atoms with van der Waals surface area (Å²) in [5, 5.41) is 11.5. The Hall–Kier alpha value is -1.53. The van der Waals surface area contributed by atoms with E-state index in [2.05, 4.69) is 15.4 Å². The normalized spacial score (nSPS) is 19.4. The van der Waals surface area contributed by atoms with Gasteiger partial charge >= 0.3 is 0 Å². The Morgan fingerprint density at radius 1 is 1.40 bits per heavy atom. The second-order valence-electron chi connectivity index (χ2n) is 4.50. The van der Waals surface area contributed by atoms with Crippen molar-refractivity contribution in [2.45, 2.75) is 23.1 Å². The van der Waals surface area contributed by atoms with Gasteiger partial charge in [0, 0.05) is 6.54 Å². The number of rotatable bonds is 3. The summed E-state index contributed by atoms with van der Waals surface area (Å²) in [5.41, 5.74) is 0.782. The lowest BCUT2D eigenvalue weighted by atomic mass is 10.1. The van der Waals surface area contributed by atoms with Crippen molar-refractivity contribution in [3.63, 3.8) is 0 Å². The quantitative estimate of drug-likeness (QED) is 0.947. The number of thioether (sulfide) groups is 1. The third-order valence-electron chi connectivity index (χ3n) is 3.19. The smallest absolute Gasteiger partial charge is 0.240 e. The van der Waals surface area contributed by atoms with Gasteiger partial charge in [-0.2, -0.15) is 10.3 Å². The Kier molecular flexibility index (Phi) is 3.93. The largest absolute Gasteiger partial charge is 0.310 e. The highest BCUT2D eigenvalue weighted by atomic mass is 35.5. The van der Waals surface area contributed by atoms with Crippen molar-refractivity contribution < 1.29 is 4.79 Å². The molecule has 1 atom stereocenters. The van der Waals surface area contributed by atoms with E-state index in [4.69, 9.17) is 11.6 Å². The molecule has 0 saturated carbocycles. The highest BCUT2D eigenvalue weighted by molar-refractivity contribution is 8.00. The SMILES string of the molecule is O=C1C(Sc2cn[nH]n2)CCCN1c1ccccc1Cl. The summed E-state index contributed by atoms with van der Waals surface area (Å²) in [6, 6.07) is 7.44. The molecule has 0 aliphatic carbocycles. The van der Waals surface area contributed by atoms with Crippen LogP contribution in [-0.4, -0.2) is 33.1 Å². The minimum atomic E-state index is -0.134. The van der Waals surface area contributed by atoms with Gasteiger partial charge < -0.3 is 4.90 Å². The maximum Gasteiger partial charge on any atom is 0.240 e. The first kappa shape index (κ1) is 13.5. The molecule has 1 N–H and O–H groups in total. The van der Waals surface area contributed by atoms with E-state index in [0.29, 0.717) is 11.6 Å². The zero-order valence-corrected chi connectivity index (χ0v) is 12.2. The number of piperidine rings is 1. The van der Waals surface area contributed by atoms with Gasteiger partial charge in [-0.3, -0.25) is 4.79 Å². The molecule has 5 nitrogen and oxygen atoms in total. The average Bonchev–Trinajstić information content (AvgIpc) is 2.95. The second-order valence-corrected chi connectivity index (χ2v) is 6.13. The zero-order chi connectivity index (χ0) is 13.9. The fourth-order valence-corrected chi connectivity index (χ4v) is 3.50. The van der Waals surface area contributed by atoms with Gasteiger partial charge in [0.2, 0.25) is 5.91 Å². The maximum atomic E-state index is 12.6. The molecule has 0 bridgehead atoms. The summed E-state index contributed by atoms with van der Waals surface area (Å²) in [7, 11) is 0. The molecule has 0 spiro atoms. The van der Waals surface area contributed by atoms with Gasteiger partial charge in [0.05, 0.1) is 22.2 Å². The van der Waals surface area contributed by atoms with Gasteiger partial charge in [-0.05, 0) is 25.0 Å². The van der Waals surface area contributed by atoms with Gasteiger partial charge in [0.1, 0.15) is 5.03 Å². The van der Waals surface area contributed by atoms with Gasteiger partial charge in [-0.1, -0.05) is 35.5 Å². The number of nitrogens with zero attached hydrogens (tertiary/aromatic N) is 3. The highest BCUT2D eigenvalue weighted by Gasteiger charge is 2.31. The number of aromatic nitrogens is 3. The number of amides is 1. The van der Waals surface area contributed by atoms with Crippen molar-refractivity contribution in [1.29, 1.82) is 0 Å². The van der Waals surface area contributed by atoms with E-state index in [1.54, 1.807) is 17.2 Å². The number of carbonyl (C=O) groups is 1. The van der Waals surface area contributed by atoms with Crippen molar-refractivity contribution in [3.05, 3.63) is 35.5 Å². The van der Waals surface area contributed by atoms with Crippen LogP contribution in [0.2, 0.25) is 5.02 Å². The Labute approximate surface area is 125 Å². The second kappa shape index (κ2) is 5.85. The molecular formula is C13H13ClN4OS. The summed E-state index contributed by atoms with van der Waals surface area (Å²) in [4.78, 5) is 14.4. The van der Waals surface area contributed by atoms with Crippen LogP contribution in [0.25, 0.3) is 0 Å². The molecule has 1 aromatic heterocycles. The molecule has 3 rings (SSSR count). The molecule has 1 aliphatic rings. The van der Waals surface area contributed by atoms with E-state index in [9.17, 15) is 4.79 Å². The standard InChI is InChI=1S/C13H13ClN4OS/c14-9-4-1-2-5-10(9)18-7-3-6-11(13(18)19)20-12-8-15-17-16-12/h1-2,4-5,8,11H,3,6-7H2,(H,15,16,17). The molecule has 1 aromatic carbocycles. The number of hydrogen-bond donors (Lipinski definition) is 1. The van der Waals surface area contributed by atoms with E-state index in [1.807, 2.05) is 18.2 Å². The summed E-state index contributed by atoms with van der Waals surface area (Å²) in [5.74, 6) is 0.0809. The number of halogens is 1. The predicted molar refractivity (Wildman–Crippen MR) is 79.1 cm³/mol. The highest BCUT2D eigenvalue weighted by Crippen LogP contribution is 2.33. The van der Waals surface area contributed by atoms with E-state index in [1.165, 1.54) is 11.8 Å². The molecule has 1 amide bonds. The molecule has 20 heavy (non-hydrogen) atoms. The molecule has 1 fully saturated rings. The first-order valence-corrected chi connectivity index (χ1v) is 7.60. The van der Waals surface area contributed by atoms with Gasteiger partial charge in [0.25, 0.3) is 0 Å². The zero-order valence-electron chi connectivity index (χ0n) is 10.6. The number of nitrogens with one attached hydrogen (secondary N) is 1. The summed E-state index contributed by atoms with van der Waals surface area (Å²) in [6.07, 6.45) is 3.43. The molecule has 1 aliphatic heterocycles. The summed E-state index contributed by atoms with van der Waals surface area (Å²) < 4.78 is 0. The van der Waals surface area contributed by atoms with Gasteiger partial charge in [-0.25, -0.2) is 0 Å². The summed E-state index contributed by atoms with van der Waals surface area (Å²) in [6.45, 7) is 0.707. The number of para-hydroxylation sites is 1. The lowest BCUT2D eigenvalue weighted by molar-refractivity contribution is -0.119. The number of carbonyl (C=O) groups excluding carboxylic acids is 1. The minimum Gasteiger partial charge on any atom is -0.310 e. The molecule has 1 unspecified atom stereocenters. The number of anilines is 1. The van der Waals surface area contributed by atoms with Crippen LogP contribution >= 0.6 is 23.4 Å². The van der Waals surface area contributed by atoms with E-state index in [-0.39, 0.29) is 11.2 Å². The van der Waals surface area contributed by atoms with Gasteiger partial charge in [-0.15, -0.1) is 5.10 Å². The van der Waals surface area contributed by atoms with Crippen LogP contribution in [0.15, 0.2) is 35.5 Å². The van der Waals surface area contributed by atoms with E-state index in [0.717, 1.165) is 23.6 Å². The van der Waals surface area contributed by atoms with E-state index >= 15 is 0 Å². The Morgan fingerprint density at radius 3 is 3.00 bits per heavy atom. The van der Waals surface area contributed by atoms with Crippen LogP contribution in [0, 0.1) is 0 Å². The first-order chi connectivity index (χ1) is 9.75. The lowest BCUT2D eigenvalue weighted by Crippen LogP contribution is -2.43. The van der Waals surface area contributed by atoms with E-state index < -0.39 is 0 Å². The predicted octanol–water partition coefficient (Wildman–Crippen LogP) is 2.75. The topological polar surface area (TPSA) is 61.9 Å². The molecule has 104 valence electrons. The van der Waals surface area contributed by atoms with Crippen molar-refractivity contribution in [2.24, 2.45) is 0 Å². The van der Waals surface area contributed by atoms with Crippen LogP contribution in [0.1, 0.15) is 12.8 Å². The molecule has 7 heteroatoms. The lowest BCUT2D eigenvalue weighted by Gasteiger charge is -2.32. The molecule has 1 saturated heterocycles.